The Kier molecular flexibility index (Phi) is 6.39. The van der Waals surface area contributed by atoms with Crippen molar-refractivity contribution in [3.05, 3.63) is 63.1 Å². The number of amides is 2. The molecule has 2 amide bonds. The van der Waals surface area contributed by atoms with Gasteiger partial charge in [0.2, 0.25) is 5.91 Å². The Labute approximate surface area is 172 Å². The quantitative estimate of drug-likeness (QED) is 0.713. The molecule has 1 heterocycles. The Bertz CT molecular complexity index is 851. The smallest absolute Gasteiger partial charge is 0.255 e. The van der Waals surface area contributed by atoms with Crippen LogP contribution in [0.15, 0.2) is 46.9 Å². The average molecular weight is 452 g/mol. The highest BCUT2D eigenvalue weighted by molar-refractivity contribution is 9.10. The predicted molar refractivity (Wildman–Crippen MR) is 108 cm³/mol. The van der Waals surface area contributed by atoms with E-state index in [-0.39, 0.29) is 11.8 Å². The van der Waals surface area contributed by atoms with Crippen molar-refractivity contribution in [2.45, 2.75) is 6.42 Å². The molecule has 0 N–H and O–H groups in total. The van der Waals surface area contributed by atoms with Crippen LogP contribution in [0, 0.1) is 0 Å². The second kappa shape index (κ2) is 8.76. The molecule has 142 valence electrons. The highest BCUT2D eigenvalue weighted by atomic mass is 79.9. The van der Waals surface area contributed by atoms with Crippen LogP contribution in [0.1, 0.15) is 15.9 Å². The van der Waals surface area contributed by atoms with Gasteiger partial charge in [-0.2, -0.15) is 0 Å². The minimum absolute atomic E-state index is 0.0528. The Hall–Kier alpha value is -2.05. The molecule has 0 bridgehead atoms. The number of hydrogen-bond donors (Lipinski definition) is 0. The first-order valence-corrected chi connectivity index (χ1v) is 9.80. The summed E-state index contributed by atoms with van der Waals surface area (Å²) in [6.07, 6.45) is 0.323. The van der Waals surface area contributed by atoms with E-state index in [1.807, 2.05) is 24.3 Å². The maximum atomic E-state index is 12.7. The molecular weight excluding hydrogens is 432 g/mol. The summed E-state index contributed by atoms with van der Waals surface area (Å²) in [5.41, 5.74) is 1.40. The number of hydrogen-bond acceptors (Lipinski definition) is 3. The van der Waals surface area contributed by atoms with E-state index in [0.717, 1.165) is 15.8 Å². The number of methoxy groups -OCH3 is 1. The summed E-state index contributed by atoms with van der Waals surface area (Å²) in [5, 5.41) is 0.422. The first-order chi connectivity index (χ1) is 13.0. The lowest BCUT2D eigenvalue weighted by atomic mass is 10.1. The topological polar surface area (TPSA) is 49.9 Å². The van der Waals surface area contributed by atoms with Crippen LogP contribution in [0.2, 0.25) is 5.02 Å². The zero-order valence-corrected chi connectivity index (χ0v) is 17.3. The van der Waals surface area contributed by atoms with Crippen LogP contribution in [0.25, 0.3) is 0 Å². The second-order valence-electron chi connectivity index (χ2n) is 6.33. The van der Waals surface area contributed by atoms with Crippen molar-refractivity contribution in [3.63, 3.8) is 0 Å². The van der Waals surface area contributed by atoms with Crippen molar-refractivity contribution in [1.29, 1.82) is 0 Å². The lowest BCUT2D eigenvalue weighted by Gasteiger charge is -2.35. The number of carbonyl (C=O) groups excluding carboxylic acids is 2. The lowest BCUT2D eigenvalue weighted by Crippen LogP contribution is -2.51. The summed E-state index contributed by atoms with van der Waals surface area (Å²) in [6, 6.07) is 12.7. The van der Waals surface area contributed by atoms with Crippen molar-refractivity contribution in [1.82, 2.24) is 9.80 Å². The van der Waals surface area contributed by atoms with Crippen LogP contribution >= 0.6 is 27.5 Å². The Morgan fingerprint density at radius 3 is 2.44 bits per heavy atom. The molecule has 0 aliphatic carbocycles. The van der Waals surface area contributed by atoms with Gasteiger partial charge in [-0.3, -0.25) is 9.59 Å². The first kappa shape index (κ1) is 19.7. The third-order valence-electron chi connectivity index (χ3n) is 4.57. The van der Waals surface area contributed by atoms with Gasteiger partial charge >= 0.3 is 0 Å². The third kappa shape index (κ3) is 4.82. The minimum atomic E-state index is -0.104. The Morgan fingerprint density at radius 1 is 1.07 bits per heavy atom. The maximum absolute atomic E-state index is 12.7. The number of carbonyl (C=O) groups is 2. The summed E-state index contributed by atoms with van der Waals surface area (Å²) in [5.74, 6) is 0.687. The number of rotatable bonds is 4. The molecule has 0 unspecified atom stereocenters. The fourth-order valence-corrected chi connectivity index (χ4v) is 3.82. The van der Waals surface area contributed by atoms with Gasteiger partial charge in [0.25, 0.3) is 5.91 Å². The molecule has 1 fully saturated rings. The van der Waals surface area contributed by atoms with E-state index in [4.69, 9.17) is 16.3 Å². The molecule has 2 aromatic carbocycles. The molecule has 0 radical (unpaired) electrons. The molecule has 0 saturated carbocycles. The molecule has 5 nitrogen and oxygen atoms in total. The molecule has 0 aromatic heterocycles. The molecule has 1 aliphatic heterocycles. The van der Waals surface area contributed by atoms with Crippen LogP contribution in [0.5, 0.6) is 5.75 Å². The molecule has 7 heteroatoms. The van der Waals surface area contributed by atoms with Gasteiger partial charge in [-0.15, -0.1) is 0 Å². The summed E-state index contributed by atoms with van der Waals surface area (Å²) in [6.45, 7) is 2.02. The summed E-state index contributed by atoms with van der Waals surface area (Å²) in [4.78, 5) is 28.8. The fourth-order valence-electron chi connectivity index (χ4n) is 3.06. The molecule has 2 aromatic rings. The molecular formula is C20H20BrClN2O3. The number of halogens is 2. The van der Waals surface area contributed by atoms with Gasteiger partial charge < -0.3 is 14.5 Å². The Balaban J connectivity index is 1.57. The van der Waals surface area contributed by atoms with Gasteiger partial charge in [0.1, 0.15) is 5.75 Å². The van der Waals surface area contributed by atoms with E-state index in [1.54, 1.807) is 35.1 Å². The number of piperazine rings is 1. The van der Waals surface area contributed by atoms with Gasteiger partial charge in [0, 0.05) is 30.7 Å². The van der Waals surface area contributed by atoms with Gasteiger partial charge in [0.05, 0.1) is 24.1 Å². The van der Waals surface area contributed by atoms with Gasteiger partial charge in [-0.05, 0) is 35.9 Å². The molecule has 0 spiro atoms. The SMILES string of the molecule is COc1cccc(CC(=O)N2CCN(C(=O)c3ccc(Br)cc3Cl)CC2)c1. The first-order valence-electron chi connectivity index (χ1n) is 8.63. The molecule has 27 heavy (non-hydrogen) atoms. The van der Waals surface area contributed by atoms with Gasteiger partial charge in [0.15, 0.2) is 0 Å². The largest absolute Gasteiger partial charge is 0.497 e. The normalized spacial score (nSPS) is 14.2. The highest BCUT2D eigenvalue weighted by Gasteiger charge is 2.26. The average Bonchev–Trinajstić information content (AvgIpc) is 2.68. The monoisotopic (exact) mass is 450 g/mol. The number of benzene rings is 2. The lowest BCUT2D eigenvalue weighted by molar-refractivity contribution is -0.131. The Morgan fingerprint density at radius 2 is 1.78 bits per heavy atom. The van der Waals surface area contributed by atoms with Crippen LogP contribution in [0.4, 0.5) is 0 Å². The van der Waals surface area contributed by atoms with Crippen molar-refractivity contribution in [2.75, 3.05) is 33.3 Å². The van der Waals surface area contributed by atoms with Crippen LogP contribution < -0.4 is 4.74 Å². The zero-order valence-electron chi connectivity index (χ0n) is 15.0. The maximum Gasteiger partial charge on any atom is 0.255 e. The molecule has 1 saturated heterocycles. The standard InChI is InChI=1S/C20H20BrClN2O3/c1-27-16-4-2-3-14(11-16)12-19(25)23-7-9-24(10-8-23)20(26)17-6-5-15(21)13-18(17)22/h2-6,11,13H,7-10,12H2,1H3. The van der Waals surface area contributed by atoms with E-state index >= 15 is 0 Å². The molecule has 0 atom stereocenters. The van der Waals surface area contributed by atoms with Crippen LogP contribution in [-0.2, 0) is 11.2 Å². The van der Waals surface area contributed by atoms with Crippen LogP contribution in [0.3, 0.4) is 0 Å². The third-order valence-corrected chi connectivity index (χ3v) is 5.38. The minimum Gasteiger partial charge on any atom is -0.497 e. The summed E-state index contributed by atoms with van der Waals surface area (Å²) >= 11 is 9.53. The van der Waals surface area contributed by atoms with E-state index in [2.05, 4.69) is 15.9 Å². The van der Waals surface area contributed by atoms with E-state index in [1.165, 1.54) is 0 Å². The molecule has 3 rings (SSSR count). The number of nitrogens with zero attached hydrogens (tertiary/aromatic N) is 2. The van der Waals surface area contributed by atoms with E-state index < -0.39 is 0 Å². The molecule has 1 aliphatic rings. The van der Waals surface area contributed by atoms with Crippen molar-refractivity contribution < 1.29 is 14.3 Å². The van der Waals surface area contributed by atoms with Crippen molar-refractivity contribution >= 4 is 39.3 Å². The number of ether oxygens (including phenoxy) is 1. The van der Waals surface area contributed by atoms with Gasteiger partial charge in [-0.1, -0.05) is 39.7 Å². The van der Waals surface area contributed by atoms with Crippen molar-refractivity contribution in [2.24, 2.45) is 0 Å². The second-order valence-corrected chi connectivity index (χ2v) is 7.65. The van der Waals surface area contributed by atoms with Crippen molar-refractivity contribution in [3.8, 4) is 5.75 Å². The van der Waals surface area contributed by atoms with E-state index in [9.17, 15) is 9.59 Å². The van der Waals surface area contributed by atoms with Crippen LogP contribution in [-0.4, -0.2) is 54.9 Å². The zero-order chi connectivity index (χ0) is 19.4. The summed E-state index contributed by atoms with van der Waals surface area (Å²) < 4.78 is 6.03. The highest BCUT2D eigenvalue weighted by Crippen LogP contribution is 2.23. The fraction of sp³-hybridized carbons (Fsp3) is 0.300. The van der Waals surface area contributed by atoms with Gasteiger partial charge in [-0.25, -0.2) is 0 Å². The summed E-state index contributed by atoms with van der Waals surface area (Å²) in [7, 11) is 1.61. The van der Waals surface area contributed by atoms with E-state index in [0.29, 0.717) is 43.2 Å². The predicted octanol–water partition coefficient (Wildman–Crippen LogP) is 3.64.